The lowest BCUT2D eigenvalue weighted by Crippen LogP contribution is -2.28. The van der Waals surface area contributed by atoms with Crippen LogP contribution in [0.25, 0.3) is 0 Å². The molecule has 22 heavy (non-hydrogen) atoms. The van der Waals surface area contributed by atoms with E-state index < -0.39 is 0 Å². The number of nitrogens with one attached hydrogen (secondary N) is 1. The fourth-order valence-corrected chi connectivity index (χ4v) is 3.05. The van der Waals surface area contributed by atoms with Crippen LogP contribution in [0.15, 0.2) is 60.7 Å². The number of anilines is 2. The Hall–Kier alpha value is -2.82. The van der Waals surface area contributed by atoms with Crippen LogP contribution >= 0.6 is 0 Å². The zero-order valence-corrected chi connectivity index (χ0v) is 12.1. The van der Waals surface area contributed by atoms with Crippen molar-refractivity contribution in [3.63, 3.8) is 0 Å². The average Bonchev–Trinajstić information content (AvgIpc) is 2.95. The number of nitrogens with zero attached hydrogens (tertiary/aromatic N) is 3. The van der Waals surface area contributed by atoms with Crippen LogP contribution in [-0.4, -0.2) is 14.8 Å². The van der Waals surface area contributed by atoms with E-state index >= 15 is 0 Å². The van der Waals surface area contributed by atoms with Crippen LogP contribution < -0.4 is 11.1 Å². The van der Waals surface area contributed by atoms with E-state index in [1.807, 2.05) is 16.8 Å². The van der Waals surface area contributed by atoms with Gasteiger partial charge >= 0.3 is 0 Å². The van der Waals surface area contributed by atoms with Crippen molar-refractivity contribution >= 4 is 11.9 Å². The van der Waals surface area contributed by atoms with Crippen LogP contribution in [-0.2, 0) is 0 Å². The maximum Gasteiger partial charge on any atom is 0.241 e. The van der Waals surface area contributed by atoms with Crippen LogP contribution in [0.3, 0.4) is 0 Å². The van der Waals surface area contributed by atoms with E-state index in [4.69, 9.17) is 5.73 Å². The molecule has 0 saturated carbocycles. The zero-order chi connectivity index (χ0) is 14.9. The monoisotopic (exact) mass is 291 g/mol. The number of hydrogen-bond donors (Lipinski definition) is 2. The second-order valence-corrected chi connectivity index (χ2v) is 5.51. The maximum absolute atomic E-state index is 5.80. The summed E-state index contributed by atoms with van der Waals surface area (Å²) in [5.74, 6) is 1.03. The number of benzene rings is 2. The molecule has 0 bridgehead atoms. The van der Waals surface area contributed by atoms with Crippen molar-refractivity contribution in [1.82, 2.24) is 14.8 Å². The summed E-state index contributed by atoms with van der Waals surface area (Å²) in [5.41, 5.74) is 8.26. The van der Waals surface area contributed by atoms with Crippen molar-refractivity contribution in [2.75, 3.05) is 11.1 Å². The normalized spacial score (nSPS) is 20.2. The van der Waals surface area contributed by atoms with Crippen molar-refractivity contribution in [2.24, 2.45) is 0 Å². The number of rotatable bonds is 2. The molecule has 0 radical (unpaired) electrons. The molecule has 0 amide bonds. The highest BCUT2D eigenvalue weighted by Gasteiger charge is 2.30. The van der Waals surface area contributed by atoms with E-state index in [0.29, 0.717) is 5.95 Å². The van der Waals surface area contributed by atoms with Crippen molar-refractivity contribution in [3.8, 4) is 0 Å². The maximum atomic E-state index is 5.80. The summed E-state index contributed by atoms with van der Waals surface area (Å²) in [6, 6.07) is 21.1. The standard InChI is InChI=1S/C17H17N5/c18-16-20-17-19-14(12-7-3-1-4-8-12)11-15(22(17)21-16)13-9-5-2-6-10-13/h1-10,14-15H,11H2,(H3,18,19,20,21). The Bertz CT molecular complexity index is 766. The van der Waals surface area contributed by atoms with E-state index in [2.05, 4.69) is 63.9 Å². The smallest absolute Gasteiger partial charge is 0.241 e. The van der Waals surface area contributed by atoms with E-state index in [9.17, 15) is 0 Å². The molecule has 2 atom stereocenters. The van der Waals surface area contributed by atoms with Gasteiger partial charge < -0.3 is 11.1 Å². The van der Waals surface area contributed by atoms with Crippen LogP contribution in [0.1, 0.15) is 29.6 Å². The predicted molar refractivity (Wildman–Crippen MR) is 86.4 cm³/mol. The Morgan fingerprint density at radius 2 is 1.59 bits per heavy atom. The van der Waals surface area contributed by atoms with Gasteiger partial charge in [-0.1, -0.05) is 60.7 Å². The van der Waals surface area contributed by atoms with Crippen LogP contribution in [0, 0.1) is 0 Å². The van der Waals surface area contributed by atoms with Gasteiger partial charge in [0.05, 0.1) is 12.1 Å². The highest BCUT2D eigenvalue weighted by molar-refractivity contribution is 5.41. The summed E-state index contributed by atoms with van der Waals surface area (Å²) < 4.78 is 1.89. The van der Waals surface area contributed by atoms with Gasteiger partial charge in [-0.2, -0.15) is 4.98 Å². The summed E-state index contributed by atoms with van der Waals surface area (Å²) in [4.78, 5) is 4.32. The number of hydrogen-bond acceptors (Lipinski definition) is 4. The predicted octanol–water partition coefficient (Wildman–Crippen LogP) is 3.01. The molecule has 2 unspecified atom stereocenters. The van der Waals surface area contributed by atoms with Gasteiger partial charge in [-0.15, -0.1) is 5.10 Å². The lowest BCUT2D eigenvalue weighted by atomic mass is 9.93. The SMILES string of the molecule is Nc1nc2n(n1)C(c1ccccc1)CC(c1ccccc1)N2. The van der Waals surface area contributed by atoms with E-state index in [0.717, 1.165) is 12.4 Å². The third-order valence-corrected chi connectivity index (χ3v) is 4.09. The van der Waals surface area contributed by atoms with Crippen molar-refractivity contribution in [1.29, 1.82) is 0 Å². The number of fused-ring (bicyclic) bond motifs is 1. The van der Waals surface area contributed by atoms with Gasteiger partial charge in [0, 0.05) is 0 Å². The fourth-order valence-electron chi connectivity index (χ4n) is 3.05. The molecule has 0 saturated heterocycles. The lowest BCUT2D eigenvalue weighted by molar-refractivity contribution is 0.431. The molecule has 110 valence electrons. The second-order valence-electron chi connectivity index (χ2n) is 5.51. The van der Waals surface area contributed by atoms with E-state index in [1.54, 1.807) is 0 Å². The average molecular weight is 291 g/mol. The highest BCUT2D eigenvalue weighted by atomic mass is 15.4. The summed E-state index contributed by atoms with van der Waals surface area (Å²) in [7, 11) is 0. The molecule has 4 rings (SSSR count). The third-order valence-electron chi connectivity index (χ3n) is 4.09. The first-order chi connectivity index (χ1) is 10.8. The van der Waals surface area contributed by atoms with Gasteiger partial charge in [0.15, 0.2) is 0 Å². The third kappa shape index (κ3) is 2.20. The first kappa shape index (κ1) is 12.9. The Morgan fingerprint density at radius 3 is 2.27 bits per heavy atom. The molecule has 0 aliphatic carbocycles. The molecule has 5 heteroatoms. The zero-order valence-electron chi connectivity index (χ0n) is 12.1. The molecular formula is C17H17N5. The molecule has 5 nitrogen and oxygen atoms in total. The van der Waals surface area contributed by atoms with Crippen LogP contribution in [0.5, 0.6) is 0 Å². The van der Waals surface area contributed by atoms with Gasteiger partial charge in [0.25, 0.3) is 0 Å². The highest BCUT2D eigenvalue weighted by Crippen LogP contribution is 2.37. The van der Waals surface area contributed by atoms with E-state index in [1.165, 1.54) is 11.1 Å². The molecule has 1 aromatic heterocycles. The second kappa shape index (κ2) is 5.18. The summed E-state index contributed by atoms with van der Waals surface area (Å²) in [6.45, 7) is 0. The minimum atomic E-state index is 0.132. The van der Waals surface area contributed by atoms with Crippen molar-refractivity contribution < 1.29 is 0 Å². The summed E-state index contributed by atoms with van der Waals surface area (Å²) in [6.07, 6.45) is 0.907. The van der Waals surface area contributed by atoms with Crippen LogP contribution in [0.4, 0.5) is 11.9 Å². The molecule has 3 aromatic rings. The molecule has 0 fully saturated rings. The Labute approximate surface area is 128 Å². The first-order valence-electron chi connectivity index (χ1n) is 7.40. The van der Waals surface area contributed by atoms with Crippen molar-refractivity contribution in [2.45, 2.75) is 18.5 Å². The summed E-state index contributed by atoms with van der Waals surface area (Å²) in [5, 5.41) is 7.80. The lowest BCUT2D eigenvalue weighted by Gasteiger charge is -2.31. The molecular weight excluding hydrogens is 274 g/mol. The van der Waals surface area contributed by atoms with E-state index in [-0.39, 0.29) is 12.1 Å². The molecule has 1 aliphatic heterocycles. The first-order valence-corrected chi connectivity index (χ1v) is 7.40. The Morgan fingerprint density at radius 1 is 0.955 bits per heavy atom. The van der Waals surface area contributed by atoms with Crippen LogP contribution in [0.2, 0.25) is 0 Å². The minimum absolute atomic E-state index is 0.132. The topological polar surface area (TPSA) is 68.8 Å². The Balaban J connectivity index is 1.77. The number of aromatic nitrogens is 3. The summed E-state index contributed by atoms with van der Waals surface area (Å²) >= 11 is 0. The van der Waals surface area contributed by atoms with Gasteiger partial charge in [-0.25, -0.2) is 4.68 Å². The van der Waals surface area contributed by atoms with Crippen molar-refractivity contribution in [3.05, 3.63) is 71.8 Å². The molecule has 0 spiro atoms. The molecule has 3 N–H and O–H groups in total. The molecule has 2 heterocycles. The molecule has 1 aliphatic rings. The van der Waals surface area contributed by atoms with Gasteiger partial charge in [0.2, 0.25) is 11.9 Å². The quantitative estimate of drug-likeness (QED) is 0.761. The number of nitrogen functional groups attached to an aromatic ring is 1. The number of nitrogens with two attached hydrogens (primary N) is 1. The largest absolute Gasteiger partial charge is 0.366 e. The fraction of sp³-hybridized carbons (Fsp3) is 0.176. The van der Waals surface area contributed by atoms with Gasteiger partial charge in [-0.3, -0.25) is 0 Å². The molecule has 2 aromatic carbocycles. The Kier molecular flexibility index (Phi) is 3.04. The van der Waals surface area contributed by atoms with Gasteiger partial charge in [0.1, 0.15) is 0 Å². The minimum Gasteiger partial charge on any atom is -0.366 e. The van der Waals surface area contributed by atoms with Gasteiger partial charge in [-0.05, 0) is 17.5 Å².